The van der Waals surface area contributed by atoms with Gasteiger partial charge in [0.05, 0.1) is 6.04 Å². The molecule has 1 aromatic carbocycles. The maximum atomic E-state index is 12.4. The van der Waals surface area contributed by atoms with E-state index in [1.807, 2.05) is 20.8 Å². The third-order valence-corrected chi connectivity index (χ3v) is 4.71. The van der Waals surface area contributed by atoms with Gasteiger partial charge < -0.3 is 15.2 Å². The van der Waals surface area contributed by atoms with E-state index in [4.69, 9.17) is 9.84 Å². The van der Waals surface area contributed by atoms with E-state index in [2.05, 4.69) is 20.4 Å². The van der Waals surface area contributed by atoms with E-state index in [0.29, 0.717) is 24.4 Å². The molecule has 0 aliphatic carbocycles. The molecule has 0 aliphatic heterocycles. The van der Waals surface area contributed by atoms with Crippen molar-refractivity contribution in [2.24, 2.45) is 0 Å². The minimum absolute atomic E-state index is 0.0683. The topological polar surface area (TPSA) is 119 Å². The maximum absolute atomic E-state index is 12.4. The number of fused-ring (bicyclic) bond motifs is 1. The van der Waals surface area contributed by atoms with Gasteiger partial charge in [0.1, 0.15) is 12.1 Å². The van der Waals surface area contributed by atoms with Crippen LogP contribution < -0.4 is 10.1 Å². The third-order valence-electron chi connectivity index (χ3n) is 4.71. The monoisotopic (exact) mass is 397 g/mol. The first-order chi connectivity index (χ1) is 13.8. The molecule has 0 bridgehead atoms. The number of ether oxygens (including phenoxy) is 1. The summed E-state index contributed by atoms with van der Waals surface area (Å²) in [6.07, 6.45) is 2.35. The van der Waals surface area contributed by atoms with Crippen LogP contribution in [0, 0.1) is 13.8 Å². The molecular weight excluding hydrogens is 374 g/mol. The first-order valence-electron chi connectivity index (χ1n) is 9.25. The van der Waals surface area contributed by atoms with Crippen molar-refractivity contribution in [1.82, 2.24) is 24.9 Å². The molecule has 2 N–H and O–H groups in total. The van der Waals surface area contributed by atoms with Crippen molar-refractivity contribution in [3.05, 3.63) is 53.1 Å². The van der Waals surface area contributed by atoms with Gasteiger partial charge in [0.2, 0.25) is 5.91 Å². The van der Waals surface area contributed by atoms with Crippen molar-refractivity contribution in [3.8, 4) is 5.75 Å². The summed E-state index contributed by atoms with van der Waals surface area (Å²) in [7, 11) is 0. The number of rotatable bonds is 8. The van der Waals surface area contributed by atoms with Crippen molar-refractivity contribution in [1.29, 1.82) is 0 Å². The molecule has 1 amide bonds. The molecule has 2 heterocycles. The standard InChI is InChI=1S/C20H23N5O4/c1-12(15-4-6-16(7-5-15)29-10-19(27)28)23-18(26)9-8-17-13(2)24-20-21-11-22-25(20)14(17)3/h4-7,11-12H,8-10H2,1-3H3,(H,23,26)(H,27,28). The number of aliphatic carboxylic acids is 1. The van der Waals surface area contributed by atoms with E-state index in [1.54, 1.807) is 28.8 Å². The van der Waals surface area contributed by atoms with Gasteiger partial charge in [-0.05, 0) is 50.5 Å². The average molecular weight is 397 g/mol. The summed E-state index contributed by atoms with van der Waals surface area (Å²) in [6.45, 7) is 5.36. The number of nitrogens with one attached hydrogen (secondary N) is 1. The Bertz CT molecular complexity index is 1030. The molecule has 0 spiro atoms. The number of carbonyl (C=O) groups is 2. The largest absolute Gasteiger partial charge is 0.482 e. The molecule has 2 aromatic heterocycles. The van der Waals surface area contributed by atoms with E-state index in [1.165, 1.54) is 6.33 Å². The molecule has 1 atom stereocenters. The Morgan fingerprint density at radius 1 is 1.24 bits per heavy atom. The summed E-state index contributed by atoms with van der Waals surface area (Å²) in [5.41, 5.74) is 3.67. The van der Waals surface area contributed by atoms with Crippen molar-refractivity contribution < 1.29 is 19.4 Å². The quantitative estimate of drug-likeness (QED) is 0.597. The second kappa shape index (κ2) is 8.68. The van der Waals surface area contributed by atoms with Gasteiger partial charge in [0, 0.05) is 17.8 Å². The second-order valence-electron chi connectivity index (χ2n) is 6.77. The number of amides is 1. The molecule has 9 heteroatoms. The van der Waals surface area contributed by atoms with Crippen molar-refractivity contribution in [2.75, 3.05) is 6.61 Å². The first kappa shape index (κ1) is 20.2. The highest BCUT2D eigenvalue weighted by molar-refractivity contribution is 5.76. The molecule has 1 unspecified atom stereocenters. The molecular formula is C20H23N5O4. The number of carboxylic acid groups (broad SMARTS) is 1. The minimum atomic E-state index is -1.03. The van der Waals surface area contributed by atoms with Crippen LogP contribution in [0.15, 0.2) is 30.6 Å². The third kappa shape index (κ3) is 4.87. The highest BCUT2D eigenvalue weighted by Crippen LogP contribution is 2.19. The maximum Gasteiger partial charge on any atom is 0.341 e. The number of benzene rings is 1. The lowest BCUT2D eigenvalue weighted by Gasteiger charge is -2.16. The van der Waals surface area contributed by atoms with Crippen molar-refractivity contribution in [2.45, 2.75) is 39.7 Å². The normalized spacial score (nSPS) is 12.0. The van der Waals surface area contributed by atoms with E-state index in [9.17, 15) is 9.59 Å². The molecule has 0 fully saturated rings. The summed E-state index contributed by atoms with van der Waals surface area (Å²) in [5, 5.41) is 15.8. The van der Waals surface area contributed by atoms with Gasteiger partial charge in [0.25, 0.3) is 5.78 Å². The molecule has 0 radical (unpaired) electrons. The molecule has 0 saturated heterocycles. The predicted octanol–water partition coefficient (Wildman–Crippen LogP) is 2.01. The van der Waals surface area contributed by atoms with E-state index < -0.39 is 5.97 Å². The molecule has 3 aromatic rings. The zero-order chi connectivity index (χ0) is 21.0. The Hall–Kier alpha value is -3.49. The van der Waals surface area contributed by atoms with Gasteiger partial charge in [-0.1, -0.05) is 12.1 Å². The predicted molar refractivity (Wildman–Crippen MR) is 105 cm³/mol. The van der Waals surface area contributed by atoms with Crippen molar-refractivity contribution >= 4 is 17.7 Å². The highest BCUT2D eigenvalue weighted by atomic mass is 16.5. The van der Waals surface area contributed by atoms with E-state index in [-0.39, 0.29) is 18.6 Å². The lowest BCUT2D eigenvalue weighted by atomic mass is 10.1. The van der Waals surface area contributed by atoms with Crippen LogP contribution in [0.3, 0.4) is 0 Å². The van der Waals surface area contributed by atoms with Gasteiger partial charge in [-0.25, -0.2) is 14.3 Å². The first-order valence-corrected chi connectivity index (χ1v) is 9.25. The smallest absolute Gasteiger partial charge is 0.341 e. The van der Waals surface area contributed by atoms with Gasteiger partial charge in [-0.2, -0.15) is 10.1 Å². The zero-order valence-corrected chi connectivity index (χ0v) is 16.5. The Morgan fingerprint density at radius 2 is 1.97 bits per heavy atom. The minimum Gasteiger partial charge on any atom is -0.482 e. The number of nitrogens with zero attached hydrogens (tertiary/aromatic N) is 4. The van der Waals surface area contributed by atoms with Crippen molar-refractivity contribution in [3.63, 3.8) is 0 Å². The summed E-state index contributed by atoms with van der Waals surface area (Å²) in [4.78, 5) is 31.5. The Labute approximate surface area is 167 Å². The molecule has 3 rings (SSSR count). The highest BCUT2D eigenvalue weighted by Gasteiger charge is 2.14. The SMILES string of the molecule is Cc1nc2ncnn2c(C)c1CCC(=O)NC(C)c1ccc(OCC(=O)O)cc1. The van der Waals surface area contributed by atoms with Crippen LogP contribution in [0.5, 0.6) is 5.75 Å². The van der Waals surface area contributed by atoms with Crippen LogP contribution in [-0.4, -0.2) is 43.2 Å². The summed E-state index contributed by atoms with van der Waals surface area (Å²) in [6, 6.07) is 6.80. The summed E-state index contributed by atoms with van der Waals surface area (Å²) < 4.78 is 6.79. The number of aromatic nitrogens is 4. The van der Waals surface area contributed by atoms with Crippen LogP contribution in [-0.2, 0) is 16.0 Å². The lowest BCUT2D eigenvalue weighted by molar-refractivity contribution is -0.139. The zero-order valence-electron chi connectivity index (χ0n) is 16.5. The number of carbonyl (C=O) groups excluding carboxylic acids is 1. The Morgan fingerprint density at radius 3 is 2.66 bits per heavy atom. The van der Waals surface area contributed by atoms with Gasteiger partial charge in [-0.15, -0.1) is 0 Å². The van der Waals surface area contributed by atoms with Crippen LogP contribution in [0.1, 0.15) is 41.9 Å². The number of hydrogen-bond donors (Lipinski definition) is 2. The van der Waals surface area contributed by atoms with Crippen LogP contribution >= 0.6 is 0 Å². The Kier molecular flexibility index (Phi) is 6.06. The summed E-state index contributed by atoms with van der Waals surface area (Å²) >= 11 is 0. The fourth-order valence-electron chi connectivity index (χ4n) is 3.15. The molecule has 29 heavy (non-hydrogen) atoms. The van der Waals surface area contributed by atoms with Gasteiger partial charge in [0.15, 0.2) is 6.61 Å². The molecule has 152 valence electrons. The molecule has 9 nitrogen and oxygen atoms in total. The summed E-state index contributed by atoms with van der Waals surface area (Å²) in [5.74, 6) is -0.0752. The average Bonchev–Trinajstić information content (AvgIpc) is 3.15. The molecule has 0 saturated carbocycles. The fraction of sp³-hybridized carbons (Fsp3) is 0.350. The second-order valence-corrected chi connectivity index (χ2v) is 6.77. The molecule has 0 aliphatic rings. The van der Waals surface area contributed by atoms with Gasteiger partial charge >= 0.3 is 5.97 Å². The van der Waals surface area contributed by atoms with E-state index in [0.717, 1.165) is 22.5 Å². The van der Waals surface area contributed by atoms with Crippen LogP contribution in [0.2, 0.25) is 0 Å². The fourth-order valence-corrected chi connectivity index (χ4v) is 3.15. The number of aryl methyl sites for hydroxylation is 2. The van der Waals surface area contributed by atoms with Crippen LogP contribution in [0.25, 0.3) is 5.78 Å². The Balaban J connectivity index is 1.57. The van der Waals surface area contributed by atoms with Crippen LogP contribution in [0.4, 0.5) is 0 Å². The van der Waals surface area contributed by atoms with Gasteiger partial charge in [-0.3, -0.25) is 4.79 Å². The van der Waals surface area contributed by atoms with E-state index >= 15 is 0 Å². The lowest BCUT2D eigenvalue weighted by Crippen LogP contribution is -2.27. The number of carboxylic acids is 1. The number of hydrogen-bond acceptors (Lipinski definition) is 6.